The van der Waals surface area contributed by atoms with Crippen molar-refractivity contribution in [3.8, 4) is 0 Å². The summed E-state index contributed by atoms with van der Waals surface area (Å²) in [5.41, 5.74) is 7.99. The molecule has 166 valence electrons. The van der Waals surface area contributed by atoms with Crippen molar-refractivity contribution in [2.45, 2.75) is 38.1 Å². The highest BCUT2D eigenvalue weighted by atomic mass is 79.9. The number of nitrogens with one attached hydrogen (secondary N) is 2. The van der Waals surface area contributed by atoms with E-state index in [2.05, 4.69) is 47.3 Å². The molecule has 1 aliphatic rings. The molecular weight excluding hydrogens is 459 g/mol. The Bertz CT molecular complexity index is 1010. The first-order valence-electron chi connectivity index (χ1n) is 11.0. The van der Waals surface area contributed by atoms with Gasteiger partial charge < -0.3 is 20.9 Å². The second-order valence-electron chi connectivity index (χ2n) is 8.36. The van der Waals surface area contributed by atoms with Gasteiger partial charge in [0.05, 0.1) is 5.39 Å². The van der Waals surface area contributed by atoms with Crippen LogP contribution in [-0.2, 0) is 6.42 Å². The summed E-state index contributed by atoms with van der Waals surface area (Å²) in [5.74, 6) is 1.04. The summed E-state index contributed by atoms with van der Waals surface area (Å²) in [5, 5.41) is 7.97. The monoisotopic (exact) mass is 488 g/mol. The Labute approximate surface area is 191 Å². The molecule has 2 heterocycles. The van der Waals surface area contributed by atoms with Gasteiger partial charge in [0.1, 0.15) is 23.6 Å². The number of hydrogen-bond acceptors (Lipinski definition) is 5. The minimum Gasteiger partial charge on any atom is -0.383 e. The van der Waals surface area contributed by atoms with Gasteiger partial charge in [0.25, 0.3) is 0 Å². The number of rotatable bonds is 10. The molecule has 0 amide bonds. The lowest BCUT2D eigenvalue weighted by molar-refractivity contribution is 0.452. The van der Waals surface area contributed by atoms with Crippen LogP contribution >= 0.6 is 15.9 Å². The number of halogens is 2. The molecule has 2 atom stereocenters. The number of anilines is 1. The first-order valence-corrected chi connectivity index (χ1v) is 11.8. The predicted molar refractivity (Wildman–Crippen MR) is 126 cm³/mol. The molecule has 2 unspecified atom stereocenters. The number of benzene rings is 1. The van der Waals surface area contributed by atoms with Crippen molar-refractivity contribution in [1.82, 2.24) is 25.2 Å². The minimum absolute atomic E-state index is 0.161. The lowest BCUT2D eigenvalue weighted by atomic mass is 10.1. The second-order valence-corrected chi connectivity index (χ2v) is 9.22. The number of fused-ring (bicyclic) bond motifs is 1. The lowest BCUT2D eigenvalue weighted by Crippen LogP contribution is -2.26. The average molecular weight is 489 g/mol. The van der Waals surface area contributed by atoms with E-state index in [-0.39, 0.29) is 5.82 Å². The van der Waals surface area contributed by atoms with E-state index in [9.17, 15) is 4.39 Å². The van der Waals surface area contributed by atoms with E-state index in [0.29, 0.717) is 17.8 Å². The second kappa shape index (κ2) is 10.5. The maximum Gasteiger partial charge on any atom is 0.146 e. The van der Waals surface area contributed by atoms with Gasteiger partial charge in [-0.05, 0) is 97.8 Å². The third kappa shape index (κ3) is 5.61. The molecule has 1 fully saturated rings. The number of hydrogen-bond donors (Lipinski definition) is 3. The Morgan fingerprint density at radius 1 is 1.16 bits per heavy atom. The minimum atomic E-state index is -0.161. The summed E-state index contributed by atoms with van der Waals surface area (Å²) >= 11 is 3.61. The van der Waals surface area contributed by atoms with E-state index in [1.807, 2.05) is 6.07 Å². The molecule has 1 aliphatic carbocycles. The van der Waals surface area contributed by atoms with Gasteiger partial charge in [-0.25, -0.2) is 14.4 Å². The molecule has 31 heavy (non-hydrogen) atoms. The fraction of sp³-hybridized carbons (Fsp3) is 0.478. The molecule has 0 saturated heterocycles. The maximum absolute atomic E-state index is 13.2. The number of nitrogens with zero attached hydrogens (tertiary/aromatic N) is 3. The molecule has 3 aromatic rings. The molecule has 1 aromatic carbocycles. The number of nitrogens with two attached hydrogens (primary N) is 1. The van der Waals surface area contributed by atoms with Crippen LogP contribution in [0.25, 0.3) is 11.0 Å². The number of nitrogen functional groups attached to an aromatic ring is 1. The Hall–Kier alpha value is -2.03. The van der Waals surface area contributed by atoms with Crippen molar-refractivity contribution in [2.75, 3.05) is 31.9 Å². The first kappa shape index (κ1) is 22.2. The van der Waals surface area contributed by atoms with E-state index in [1.165, 1.54) is 12.5 Å². The highest BCUT2D eigenvalue weighted by Gasteiger charge is 2.27. The zero-order valence-corrected chi connectivity index (χ0v) is 19.2. The maximum atomic E-state index is 13.2. The molecule has 1 saturated carbocycles. The van der Waals surface area contributed by atoms with Crippen molar-refractivity contribution in [2.24, 2.45) is 5.92 Å². The SMILES string of the molecule is Nc1ncnc2c1c(Br)cn2C1CCC(CNCCCNCCc2cccc(F)c2)C1. The highest BCUT2D eigenvalue weighted by molar-refractivity contribution is 9.10. The molecular formula is C23H30BrFN6. The molecule has 6 nitrogen and oxygen atoms in total. The quantitative estimate of drug-likeness (QED) is 0.374. The third-order valence-electron chi connectivity index (χ3n) is 6.12. The van der Waals surface area contributed by atoms with E-state index in [1.54, 1.807) is 18.5 Å². The lowest BCUT2D eigenvalue weighted by Gasteiger charge is -2.15. The van der Waals surface area contributed by atoms with Crippen LogP contribution in [0.1, 0.15) is 37.3 Å². The van der Waals surface area contributed by atoms with Crippen LogP contribution in [0, 0.1) is 11.7 Å². The van der Waals surface area contributed by atoms with Gasteiger partial charge in [0.2, 0.25) is 0 Å². The van der Waals surface area contributed by atoms with Crippen LogP contribution in [0.3, 0.4) is 0 Å². The molecule has 2 aromatic heterocycles. The van der Waals surface area contributed by atoms with Gasteiger partial charge in [-0.2, -0.15) is 0 Å². The molecule has 4 rings (SSSR count). The smallest absolute Gasteiger partial charge is 0.146 e. The van der Waals surface area contributed by atoms with Crippen molar-refractivity contribution in [3.05, 3.63) is 52.6 Å². The summed E-state index contributed by atoms with van der Waals surface area (Å²) in [6.07, 6.45) is 9.13. The summed E-state index contributed by atoms with van der Waals surface area (Å²) in [6.45, 7) is 3.91. The average Bonchev–Trinajstić information content (AvgIpc) is 3.35. The van der Waals surface area contributed by atoms with Crippen LogP contribution in [0.2, 0.25) is 0 Å². The Morgan fingerprint density at radius 3 is 2.90 bits per heavy atom. The van der Waals surface area contributed by atoms with Gasteiger partial charge >= 0.3 is 0 Å². The molecule has 0 aliphatic heterocycles. The molecule has 0 bridgehead atoms. The number of aromatic nitrogens is 3. The van der Waals surface area contributed by atoms with Gasteiger partial charge in [-0.15, -0.1) is 0 Å². The van der Waals surface area contributed by atoms with E-state index in [4.69, 9.17) is 5.73 Å². The zero-order valence-electron chi connectivity index (χ0n) is 17.7. The summed E-state index contributed by atoms with van der Waals surface area (Å²) in [4.78, 5) is 8.58. The summed E-state index contributed by atoms with van der Waals surface area (Å²) < 4.78 is 16.4. The van der Waals surface area contributed by atoms with Gasteiger partial charge in [-0.3, -0.25) is 0 Å². The largest absolute Gasteiger partial charge is 0.383 e. The molecule has 0 radical (unpaired) electrons. The fourth-order valence-corrected chi connectivity index (χ4v) is 5.12. The predicted octanol–water partition coefficient (Wildman–Crippen LogP) is 4.07. The van der Waals surface area contributed by atoms with Crippen LogP contribution in [0.4, 0.5) is 10.2 Å². The van der Waals surface area contributed by atoms with Crippen molar-refractivity contribution >= 4 is 32.8 Å². The summed E-state index contributed by atoms with van der Waals surface area (Å²) in [6, 6.07) is 7.29. The fourth-order valence-electron chi connectivity index (χ4n) is 4.52. The van der Waals surface area contributed by atoms with Gasteiger partial charge in [0, 0.05) is 16.7 Å². The van der Waals surface area contributed by atoms with Crippen LogP contribution in [0.15, 0.2) is 41.3 Å². The summed E-state index contributed by atoms with van der Waals surface area (Å²) in [7, 11) is 0. The standard InChI is InChI=1S/C23H30BrFN6/c24-20-14-31(23-21(20)22(26)29-15-30-23)19-6-5-17(12-19)13-28-9-2-8-27-10-7-16-3-1-4-18(25)11-16/h1,3-4,11,14-15,17,19,27-28H,2,5-10,12-13H2,(H2,26,29,30). The van der Waals surface area contributed by atoms with Crippen LogP contribution < -0.4 is 16.4 Å². The Kier molecular flexibility index (Phi) is 7.53. The molecule has 8 heteroatoms. The topological polar surface area (TPSA) is 80.8 Å². The van der Waals surface area contributed by atoms with Crippen molar-refractivity contribution in [3.63, 3.8) is 0 Å². The Morgan fingerprint density at radius 2 is 2.03 bits per heavy atom. The molecule has 4 N–H and O–H groups in total. The normalized spacial score (nSPS) is 18.8. The van der Waals surface area contributed by atoms with Gasteiger partial charge in [0.15, 0.2) is 0 Å². The first-order chi connectivity index (χ1) is 15.1. The van der Waals surface area contributed by atoms with Crippen LogP contribution in [-0.4, -0.2) is 40.7 Å². The van der Waals surface area contributed by atoms with Gasteiger partial charge in [-0.1, -0.05) is 12.1 Å². The highest BCUT2D eigenvalue weighted by Crippen LogP contribution is 2.39. The third-order valence-corrected chi connectivity index (χ3v) is 6.72. The zero-order chi connectivity index (χ0) is 21.6. The van der Waals surface area contributed by atoms with E-state index < -0.39 is 0 Å². The molecule has 0 spiro atoms. The Balaban J connectivity index is 1.13. The van der Waals surface area contributed by atoms with Crippen molar-refractivity contribution in [1.29, 1.82) is 0 Å². The van der Waals surface area contributed by atoms with E-state index >= 15 is 0 Å². The van der Waals surface area contributed by atoms with Crippen molar-refractivity contribution < 1.29 is 4.39 Å². The van der Waals surface area contributed by atoms with E-state index in [0.717, 1.165) is 72.9 Å². The van der Waals surface area contributed by atoms with Crippen LogP contribution in [0.5, 0.6) is 0 Å².